The maximum absolute atomic E-state index is 12.8. The Hall–Kier alpha value is -3.28. The lowest BCUT2D eigenvalue weighted by Crippen LogP contribution is -2.34. The summed E-state index contributed by atoms with van der Waals surface area (Å²) in [5.74, 6) is -0.682. The highest BCUT2D eigenvalue weighted by atomic mass is 16.5. The van der Waals surface area contributed by atoms with Crippen molar-refractivity contribution >= 4 is 17.4 Å². The summed E-state index contributed by atoms with van der Waals surface area (Å²) < 4.78 is 15.6. The quantitative estimate of drug-likeness (QED) is 0.609. The minimum Gasteiger partial charge on any atom is -0.497 e. The van der Waals surface area contributed by atoms with E-state index in [0.29, 0.717) is 22.9 Å². The molecule has 0 saturated carbocycles. The normalized spacial score (nSPS) is 18.8. The van der Waals surface area contributed by atoms with Gasteiger partial charge in [-0.2, -0.15) is 0 Å². The molecule has 0 heterocycles. The lowest BCUT2D eigenvalue weighted by molar-refractivity contribution is -0.150. The lowest BCUT2D eigenvalue weighted by atomic mass is 9.77. The average molecular weight is 381 g/mol. The molecule has 1 aliphatic rings. The number of esters is 1. The lowest BCUT2D eigenvalue weighted by Gasteiger charge is -2.28. The van der Waals surface area contributed by atoms with Crippen LogP contribution in [0, 0.1) is 5.92 Å². The van der Waals surface area contributed by atoms with E-state index in [9.17, 15) is 9.59 Å². The molecule has 0 aromatic heterocycles. The number of ketones is 1. The van der Waals surface area contributed by atoms with Gasteiger partial charge in [-0.3, -0.25) is 9.59 Å². The maximum Gasteiger partial charge on any atom is 0.317 e. The second-order valence-electron chi connectivity index (χ2n) is 6.46. The van der Waals surface area contributed by atoms with Crippen molar-refractivity contribution in [3.63, 3.8) is 0 Å². The van der Waals surface area contributed by atoms with Gasteiger partial charge in [-0.1, -0.05) is 36.4 Å². The van der Waals surface area contributed by atoms with Crippen molar-refractivity contribution in [3.8, 4) is 11.5 Å². The molecule has 2 atom stereocenters. The van der Waals surface area contributed by atoms with Crippen molar-refractivity contribution in [1.82, 2.24) is 0 Å². The number of nitrogens with one attached hydrogen (secondary N) is 1. The molecule has 28 heavy (non-hydrogen) atoms. The van der Waals surface area contributed by atoms with E-state index in [4.69, 9.17) is 14.2 Å². The molecule has 6 nitrogen and oxygen atoms in total. The molecular weight excluding hydrogens is 358 g/mol. The van der Waals surface area contributed by atoms with Crippen molar-refractivity contribution in [3.05, 3.63) is 65.9 Å². The predicted octanol–water partition coefficient (Wildman–Crippen LogP) is 3.55. The first kappa shape index (κ1) is 19.5. The number of rotatable bonds is 6. The molecule has 2 aromatic rings. The summed E-state index contributed by atoms with van der Waals surface area (Å²) >= 11 is 0. The molecule has 0 radical (unpaired) electrons. The predicted molar refractivity (Wildman–Crippen MR) is 106 cm³/mol. The zero-order valence-corrected chi connectivity index (χ0v) is 16.1. The number of carbonyl (C=O) groups excluding carboxylic acids is 2. The first-order chi connectivity index (χ1) is 13.6. The highest BCUT2D eigenvalue weighted by molar-refractivity contribution is 6.02. The zero-order chi connectivity index (χ0) is 20.1. The first-order valence-electron chi connectivity index (χ1n) is 8.92. The van der Waals surface area contributed by atoms with Gasteiger partial charge in [0.2, 0.25) is 0 Å². The summed E-state index contributed by atoms with van der Waals surface area (Å²) in [6, 6.07) is 14.9. The Morgan fingerprint density at radius 1 is 1.04 bits per heavy atom. The van der Waals surface area contributed by atoms with Gasteiger partial charge in [0.15, 0.2) is 5.78 Å². The minimum absolute atomic E-state index is 0.101. The molecule has 0 amide bonds. The SMILES string of the molecule is COC(=O)C1C(=O)CC(Nc2cc(OC)ccc2OC)=CC1c1ccccc1. The van der Waals surface area contributed by atoms with Gasteiger partial charge >= 0.3 is 5.97 Å². The molecule has 0 spiro atoms. The number of benzene rings is 2. The highest BCUT2D eigenvalue weighted by Crippen LogP contribution is 2.37. The maximum atomic E-state index is 12.8. The van der Waals surface area contributed by atoms with Crippen LogP contribution in [0.25, 0.3) is 0 Å². The third kappa shape index (κ3) is 4.01. The highest BCUT2D eigenvalue weighted by Gasteiger charge is 2.39. The van der Waals surface area contributed by atoms with Crippen molar-refractivity contribution in [1.29, 1.82) is 0 Å². The molecule has 2 aromatic carbocycles. The van der Waals surface area contributed by atoms with Gasteiger partial charge in [-0.15, -0.1) is 0 Å². The summed E-state index contributed by atoms with van der Waals surface area (Å²) in [6.45, 7) is 0. The number of ether oxygens (including phenoxy) is 3. The molecule has 1 aliphatic carbocycles. The van der Waals surface area contributed by atoms with Crippen LogP contribution in [-0.2, 0) is 14.3 Å². The van der Waals surface area contributed by atoms with Crippen LogP contribution in [0.3, 0.4) is 0 Å². The van der Waals surface area contributed by atoms with Gasteiger partial charge in [0.25, 0.3) is 0 Å². The minimum atomic E-state index is -0.856. The molecule has 0 fully saturated rings. The van der Waals surface area contributed by atoms with Gasteiger partial charge in [-0.05, 0) is 17.7 Å². The Morgan fingerprint density at radius 2 is 1.79 bits per heavy atom. The van der Waals surface area contributed by atoms with Crippen LogP contribution in [0.15, 0.2) is 60.3 Å². The smallest absolute Gasteiger partial charge is 0.317 e. The summed E-state index contributed by atoms with van der Waals surface area (Å²) in [6.07, 6.45) is 2.01. The van der Waals surface area contributed by atoms with Crippen molar-refractivity contribution in [2.45, 2.75) is 12.3 Å². The molecule has 0 saturated heterocycles. The van der Waals surface area contributed by atoms with Crippen molar-refractivity contribution in [2.24, 2.45) is 5.92 Å². The van der Waals surface area contributed by atoms with Crippen LogP contribution in [0.5, 0.6) is 11.5 Å². The summed E-state index contributed by atoms with van der Waals surface area (Å²) in [5, 5.41) is 3.27. The number of anilines is 1. The summed E-state index contributed by atoms with van der Waals surface area (Å²) in [4.78, 5) is 25.1. The Kier molecular flexibility index (Phi) is 5.99. The third-order valence-electron chi connectivity index (χ3n) is 4.79. The summed E-state index contributed by atoms with van der Waals surface area (Å²) in [5.41, 5.74) is 2.26. The van der Waals surface area contributed by atoms with Gasteiger partial charge in [0.05, 0.1) is 27.0 Å². The monoisotopic (exact) mass is 381 g/mol. The van der Waals surface area contributed by atoms with Crippen LogP contribution < -0.4 is 14.8 Å². The van der Waals surface area contributed by atoms with E-state index in [2.05, 4.69) is 5.32 Å². The van der Waals surface area contributed by atoms with Crippen LogP contribution in [0.1, 0.15) is 17.9 Å². The van der Waals surface area contributed by atoms with E-state index in [1.165, 1.54) is 7.11 Å². The molecule has 1 N–H and O–H groups in total. The molecule has 146 valence electrons. The van der Waals surface area contributed by atoms with E-state index in [0.717, 1.165) is 5.56 Å². The molecule has 0 aliphatic heterocycles. The topological polar surface area (TPSA) is 73.9 Å². The standard InChI is InChI=1S/C22H23NO5/c1-26-16-9-10-20(27-2)18(13-16)23-15-11-17(14-7-5-4-6-8-14)21(19(24)12-15)22(25)28-3/h4-11,13,17,21,23H,12H2,1-3H3. The number of Topliss-reactive ketones (excluding diaryl/α,β-unsaturated/α-hetero) is 1. The van der Waals surface area contributed by atoms with Crippen LogP contribution in [-0.4, -0.2) is 33.1 Å². The van der Waals surface area contributed by atoms with Crippen molar-refractivity contribution in [2.75, 3.05) is 26.6 Å². The molecular formula is C22H23NO5. The van der Waals surface area contributed by atoms with Crippen LogP contribution >= 0.6 is 0 Å². The molecule has 6 heteroatoms. The van der Waals surface area contributed by atoms with Crippen LogP contribution in [0.2, 0.25) is 0 Å². The largest absolute Gasteiger partial charge is 0.497 e. The fourth-order valence-electron chi connectivity index (χ4n) is 3.41. The third-order valence-corrected chi connectivity index (χ3v) is 4.79. The van der Waals surface area contributed by atoms with Gasteiger partial charge < -0.3 is 19.5 Å². The second kappa shape index (κ2) is 8.61. The molecule has 0 bridgehead atoms. The van der Waals surface area contributed by atoms with E-state index >= 15 is 0 Å². The molecule has 3 rings (SSSR count). The average Bonchev–Trinajstić information content (AvgIpc) is 2.73. The van der Waals surface area contributed by atoms with Gasteiger partial charge in [0, 0.05) is 24.1 Å². The number of methoxy groups -OCH3 is 3. The Morgan fingerprint density at radius 3 is 2.43 bits per heavy atom. The summed E-state index contributed by atoms with van der Waals surface area (Å²) in [7, 11) is 4.46. The Bertz CT molecular complexity index is 891. The first-order valence-corrected chi connectivity index (χ1v) is 8.92. The van der Waals surface area contributed by atoms with Gasteiger partial charge in [0.1, 0.15) is 17.4 Å². The van der Waals surface area contributed by atoms with Crippen molar-refractivity contribution < 1.29 is 23.8 Å². The van der Waals surface area contributed by atoms with E-state index < -0.39 is 17.8 Å². The Labute approximate surface area is 164 Å². The fraction of sp³-hybridized carbons (Fsp3) is 0.273. The number of hydrogen-bond donors (Lipinski definition) is 1. The number of carbonyl (C=O) groups is 2. The van der Waals surface area contributed by atoms with E-state index in [1.807, 2.05) is 36.4 Å². The molecule has 2 unspecified atom stereocenters. The van der Waals surface area contributed by atoms with E-state index in [-0.39, 0.29) is 12.2 Å². The van der Waals surface area contributed by atoms with E-state index in [1.54, 1.807) is 32.4 Å². The number of allylic oxidation sites excluding steroid dienone is 2. The fourth-order valence-corrected chi connectivity index (χ4v) is 3.41. The zero-order valence-electron chi connectivity index (χ0n) is 16.1. The number of hydrogen-bond acceptors (Lipinski definition) is 6. The second-order valence-corrected chi connectivity index (χ2v) is 6.46. The van der Waals surface area contributed by atoms with Gasteiger partial charge in [-0.25, -0.2) is 0 Å². The Balaban J connectivity index is 1.99. The van der Waals surface area contributed by atoms with Crippen LogP contribution in [0.4, 0.5) is 5.69 Å².